The number of morpholine rings is 1. The van der Waals surface area contributed by atoms with E-state index in [-0.39, 0.29) is 5.41 Å². The molecular weight excluding hydrogens is 456 g/mol. The summed E-state index contributed by atoms with van der Waals surface area (Å²) in [6, 6.07) is 13.0. The van der Waals surface area contributed by atoms with Gasteiger partial charge in [-0.2, -0.15) is 9.97 Å². The molecular formula is C27H38N6OS. The molecule has 0 atom stereocenters. The third kappa shape index (κ3) is 5.86. The lowest BCUT2D eigenvalue weighted by Crippen LogP contribution is -2.41. The van der Waals surface area contributed by atoms with Gasteiger partial charge in [0.2, 0.25) is 5.95 Å². The van der Waals surface area contributed by atoms with E-state index in [9.17, 15) is 0 Å². The summed E-state index contributed by atoms with van der Waals surface area (Å²) < 4.78 is 5.56. The molecule has 3 fully saturated rings. The SMILES string of the molecule is CC1CCN(c2cc(N3CCOCC3)nc(NC(=S)NCC3(c4ccccc4)CCCC3)n2)CC1. The Kier molecular flexibility index (Phi) is 7.68. The second-order valence-electron chi connectivity index (χ2n) is 10.3. The predicted molar refractivity (Wildman–Crippen MR) is 146 cm³/mol. The van der Waals surface area contributed by atoms with Gasteiger partial charge in [-0.3, -0.25) is 0 Å². The number of nitrogens with one attached hydrogen (secondary N) is 2. The first-order chi connectivity index (χ1) is 17.1. The van der Waals surface area contributed by atoms with E-state index < -0.39 is 0 Å². The van der Waals surface area contributed by atoms with Crippen molar-refractivity contribution in [2.45, 2.75) is 50.9 Å². The molecule has 5 rings (SSSR count). The molecule has 1 saturated carbocycles. The number of hydrogen-bond donors (Lipinski definition) is 2. The van der Waals surface area contributed by atoms with Crippen LogP contribution in [0.3, 0.4) is 0 Å². The lowest BCUT2D eigenvalue weighted by molar-refractivity contribution is 0.122. The fourth-order valence-corrected chi connectivity index (χ4v) is 5.80. The number of nitrogens with zero attached hydrogens (tertiary/aromatic N) is 4. The van der Waals surface area contributed by atoms with Gasteiger partial charge in [-0.05, 0) is 49.4 Å². The molecule has 1 aromatic carbocycles. The van der Waals surface area contributed by atoms with E-state index in [2.05, 4.69) is 63.8 Å². The van der Waals surface area contributed by atoms with Crippen LogP contribution in [0.15, 0.2) is 36.4 Å². The summed E-state index contributed by atoms with van der Waals surface area (Å²) in [5.74, 6) is 3.27. The lowest BCUT2D eigenvalue weighted by atomic mass is 9.79. The van der Waals surface area contributed by atoms with Gasteiger partial charge in [0.25, 0.3) is 0 Å². The van der Waals surface area contributed by atoms with Gasteiger partial charge in [-0.1, -0.05) is 50.1 Å². The number of hydrogen-bond acceptors (Lipinski definition) is 6. The first-order valence-corrected chi connectivity index (χ1v) is 13.6. The van der Waals surface area contributed by atoms with Crippen LogP contribution >= 0.6 is 12.2 Å². The van der Waals surface area contributed by atoms with Crippen molar-refractivity contribution in [2.24, 2.45) is 5.92 Å². The highest BCUT2D eigenvalue weighted by Crippen LogP contribution is 2.40. The normalized spacial score (nSPS) is 20.6. The molecule has 35 heavy (non-hydrogen) atoms. The van der Waals surface area contributed by atoms with Gasteiger partial charge in [-0.15, -0.1) is 0 Å². The fraction of sp³-hybridized carbons (Fsp3) is 0.593. The molecule has 0 radical (unpaired) electrons. The van der Waals surface area contributed by atoms with Gasteiger partial charge in [-0.25, -0.2) is 0 Å². The van der Waals surface area contributed by atoms with Crippen LogP contribution in [0.5, 0.6) is 0 Å². The minimum atomic E-state index is 0.138. The van der Waals surface area contributed by atoms with E-state index in [1.807, 2.05) is 0 Å². The van der Waals surface area contributed by atoms with Crippen LogP contribution in [0, 0.1) is 5.92 Å². The molecule has 1 aliphatic carbocycles. The summed E-state index contributed by atoms with van der Waals surface area (Å²) in [7, 11) is 0. The average Bonchev–Trinajstić information content (AvgIpc) is 3.39. The molecule has 0 spiro atoms. The molecule has 3 heterocycles. The van der Waals surface area contributed by atoms with Crippen molar-refractivity contribution in [3.8, 4) is 0 Å². The molecule has 1 aromatic heterocycles. The zero-order valence-corrected chi connectivity index (χ0v) is 21.7. The quantitative estimate of drug-likeness (QED) is 0.575. The lowest BCUT2D eigenvalue weighted by Gasteiger charge is -2.33. The maximum absolute atomic E-state index is 5.74. The number of aromatic nitrogens is 2. The van der Waals surface area contributed by atoms with Gasteiger partial charge in [0.15, 0.2) is 5.11 Å². The van der Waals surface area contributed by atoms with E-state index in [0.29, 0.717) is 11.1 Å². The topological polar surface area (TPSA) is 65.6 Å². The maximum Gasteiger partial charge on any atom is 0.232 e. The Morgan fingerprint density at radius 3 is 2.29 bits per heavy atom. The highest BCUT2D eigenvalue weighted by molar-refractivity contribution is 7.80. The molecule has 2 saturated heterocycles. The third-order valence-electron chi connectivity index (χ3n) is 7.90. The van der Waals surface area contributed by atoms with Crippen LogP contribution in [0.1, 0.15) is 51.0 Å². The van der Waals surface area contributed by atoms with Crippen molar-refractivity contribution in [1.82, 2.24) is 15.3 Å². The largest absolute Gasteiger partial charge is 0.378 e. The Bertz CT molecular complexity index is 982. The molecule has 0 amide bonds. The van der Waals surface area contributed by atoms with Crippen LogP contribution in [-0.4, -0.2) is 61.0 Å². The van der Waals surface area contributed by atoms with E-state index in [4.69, 9.17) is 26.9 Å². The Morgan fingerprint density at radius 2 is 1.63 bits per heavy atom. The van der Waals surface area contributed by atoms with Crippen molar-refractivity contribution in [2.75, 3.05) is 61.1 Å². The Hall–Kier alpha value is -2.45. The zero-order valence-electron chi connectivity index (χ0n) is 20.8. The summed E-state index contributed by atoms with van der Waals surface area (Å²) >= 11 is 5.74. The summed E-state index contributed by atoms with van der Waals surface area (Å²) in [5.41, 5.74) is 1.54. The average molecular weight is 495 g/mol. The van der Waals surface area contributed by atoms with Crippen LogP contribution < -0.4 is 20.4 Å². The molecule has 2 aromatic rings. The highest BCUT2D eigenvalue weighted by Gasteiger charge is 2.35. The van der Waals surface area contributed by atoms with E-state index in [1.165, 1.54) is 44.1 Å². The van der Waals surface area contributed by atoms with Crippen molar-refractivity contribution >= 4 is 34.9 Å². The van der Waals surface area contributed by atoms with Gasteiger partial charge in [0, 0.05) is 44.2 Å². The highest BCUT2D eigenvalue weighted by atomic mass is 32.1. The second-order valence-corrected chi connectivity index (χ2v) is 10.7. The number of piperidine rings is 1. The van der Waals surface area contributed by atoms with E-state index in [0.717, 1.165) is 63.5 Å². The minimum Gasteiger partial charge on any atom is -0.378 e. The number of rotatable bonds is 6. The van der Waals surface area contributed by atoms with Gasteiger partial charge in [0.05, 0.1) is 13.2 Å². The molecule has 188 valence electrons. The smallest absolute Gasteiger partial charge is 0.232 e. The summed E-state index contributed by atoms with van der Waals surface area (Å²) in [6.07, 6.45) is 7.29. The molecule has 2 N–H and O–H groups in total. The summed E-state index contributed by atoms with van der Waals surface area (Å²) in [5, 5.41) is 7.41. The van der Waals surface area contributed by atoms with Gasteiger partial charge in [0.1, 0.15) is 11.6 Å². The van der Waals surface area contributed by atoms with Crippen molar-refractivity contribution < 1.29 is 4.74 Å². The van der Waals surface area contributed by atoms with Gasteiger partial charge < -0.3 is 25.2 Å². The van der Waals surface area contributed by atoms with Crippen LogP contribution in [-0.2, 0) is 10.2 Å². The molecule has 3 aliphatic rings. The van der Waals surface area contributed by atoms with Crippen molar-refractivity contribution in [3.05, 3.63) is 42.0 Å². The third-order valence-corrected chi connectivity index (χ3v) is 8.15. The number of ether oxygens (including phenoxy) is 1. The molecule has 0 unspecified atom stereocenters. The monoisotopic (exact) mass is 494 g/mol. The van der Waals surface area contributed by atoms with Crippen LogP contribution in [0.25, 0.3) is 0 Å². The summed E-state index contributed by atoms with van der Waals surface area (Å²) in [6.45, 7) is 8.36. The fourth-order valence-electron chi connectivity index (χ4n) is 5.64. The Balaban J connectivity index is 1.30. The van der Waals surface area contributed by atoms with Crippen LogP contribution in [0.2, 0.25) is 0 Å². The predicted octanol–water partition coefficient (Wildman–Crippen LogP) is 4.35. The van der Waals surface area contributed by atoms with E-state index in [1.54, 1.807) is 0 Å². The maximum atomic E-state index is 5.74. The molecule has 0 bridgehead atoms. The van der Waals surface area contributed by atoms with Crippen molar-refractivity contribution in [3.63, 3.8) is 0 Å². The minimum absolute atomic E-state index is 0.138. The summed E-state index contributed by atoms with van der Waals surface area (Å²) in [4.78, 5) is 14.4. The second kappa shape index (κ2) is 11.1. The first-order valence-electron chi connectivity index (χ1n) is 13.2. The molecule has 8 heteroatoms. The van der Waals surface area contributed by atoms with Gasteiger partial charge >= 0.3 is 0 Å². The Labute approximate surface area is 214 Å². The first kappa shape index (κ1) is 24.3. The van der Waals surface area contributed by atoms with Crippen LogP contribution in [0.4, 0.5) is 17.6 Å². The standard InChI is InChI=1S/C27H38N6OS/c1-21-9-13-32(14-10-21)23-19-24(33-15-17-34-18-16-33)30-25(29-23)31-26(35)28-20-27(11-5-6-12-27)22-7-3-2-4-8-22/h2-4,7-8,19,21H,5-6,9-18,20H2,1H3,(H2,28,29,30,31,35). The molecule has 2 aliphatic heterocycles. The van der Waals surface area contributed by atoms with Crippen molar-refractivity contribution in [1.29, 1.82) is 0 Å². The number of benzene rings is 1. The van der Waals surface area contributed by atoms with E-state index >= 15 is 0 Å². The number of anilines is 3. The number of thiocarbonyl (C=S) groups is 1. The zero-order chi connectivity index (χ0) is 24.1. The molecule has 7 nitrogen and oxygen atoms in total. The Morgan fingerprint density at radius 1 is 1.00 bits per heavy atom.